The molecule has 0 unspecified atom stereocenters. The molecule has 0 amide bonds. The van der Waals surface area contributed by atoms with Gasteiger partial charge in [-0.1, -0.05) is 30.3 Å². The molecule has 1 atom stereocenters. The van der Waals surface area contributed by atoms with Crippen molar-refractivity contribution in [1.29, 1.82) is 0 Å². The van der Waals surface area contributed by atoms with E-state index < -0.39 is 12.6 Å². The predicted molar refractivity (Wildman–Crippen MR) is 90.4 cm³/mol. The van der Waals surface area contributed by atoms with Crippen molar-refractivity contribution in [3.05, 3.63) is 54.1 Å². The van der Waals surface area contributed by atoms with E-state index in [9.17, 15) is 9.18 Å². The molecule has 0 aliphatic heterocycles. The van der Waals surface area contributed by atoms with Crippen LogP contribution in [0.2, 0.25) is 0 Å². The van der Waals surface area contributed by atoms with E-state index in [1.807, 2.05) is 37.3 Å². The van der Waals surface area contributed by atoms with E-state index >= 15 is 0 Å². The minimum atomic E-state index is -0.507. The number of carbonyl (C=O) groups is 1. The molecule has 2 rings (SSSR count). The zero-order valence-electron chi connectivity index (χ0n) is 14.3. The lowest BCUT2D eigenvalue weighted by atomic mass is 10.1. The molecule has 0 aliphatic rings. The van der Waals surface area contributed by atoms with Gasteiger partial charge < -0.3 is 18.8 Å². The lowest BCUT2D eigenvalue weighted by Gasteiger charge is -2.16. The minimum absolute atomic E-state index is 0.0323. The summed E-state index contributed by atoms with van der Waals surface area (Å²) in [6.07, 6.45) is 3.11. The third-order valence-corrected chi connectivity index (χ3v) is 3.63. The molecule has 25 heavy (non-hydrogen) atoms. The molecule has 1 aromatic heterocycles. The molecule has 0 aliphatic carbocycles. The molecule has 0 bridgehead atoms. The Hall–Kier alpha value is -2.25. The lowest BCUT2D eigenvalue weighted by molar-refractivity contribution is 0.0123. The second kappa shape index (κ2) is 10.6. The Balaban J connectivity index is 1.78. The molecule has 0 N–H and O–H groups in total. The zero-order valence-corrected chi connectivity index (χ0v) is 14.3. The van der Waals surface area contributed by atoms with Crippen molar-refractivity contribution in [2.24, 2.45) is 0 Å². The number of imidazole rings is 1. The number of nitrogens with zero attached hydrogens (tertiary/aromatic N) is 2. The highest BCUT2D eigenvalue weighted by molar-refractivity contribution is 5.87. The van der Waals surface area contributed by atoms with Crippen molar-refractivity contribution in [3.8, 4) is 0 Å². The first-order valence-corrected chi connectivity index (χ1v) is 8.19. The fraction of sp³-hybridized carbons (Fsp3) is 0.444. The van der Waals surface area contributed by atoms with Crippen LogP contribution in [0.15, 0.2) is 42.9 Å². The van der Waals surface area contributed by atoms with Gasteiger partial charge in [-0.2, -0.15) is 0 Å². The van der Waals surface area contributed by atoms with Crippen molar-refractivity contribution in [1.82, 2.24) is 9.55 Å². The maximum Gasteiger partial charge on any atom is 0.356 e. The molecule has 6 nitrogen and oxygen atoms in total. The summed E-state index contributed by atoms with van der Waals surface area (Å²) < 4.78 is 29.0. The summed E-state index contributed by atoms with van der Waals surface area (Å²) in [5.41, 5.74) is 1.47. The van der Waals surface area contributed by atoms with Gasteiger partial charge in [0, 0.05) is 0 Å². The second-order valence-corrected chi connectivity index (χ2v) is 5.32. The van der Waals surface area contributed by atoms with Gasteiger partial charge in [0.25, 0.3) is 0 Å². The SMILES string of the molecule is C[C@H](c1ccccc1)n1cncc1C(=O)OCCOCCOCC[18F]. The number of alkyl halides is 1. The van der Waals surface area contributed by atoms with Gasteiger partial charge in [-0.3, -0.25) is 0 Å². The Morgan fingerprint density at radius 2 is 1.80 bits per heavy atom. The van der Waals surface area contributed by atoms with Gasteiger partial charge in [-0.25, -0.2) is 14.2 Å². The topological polar surface area (TPSA) is 62.6 Å². The molecule has 0 radical (unpaired) electrons. The summed E-state index contributed by atoms with van der Waals surface area (Å²) in [7, 11) is 0. The van der Waals surface area contributed by atoms with Crippen molar-refractivity contribution >= 4 is 5.97 Å². The van der Waals surface area contributed by atoms with Gasteiger partial charge in [0.15, 0.2) is 0 Å². The molecule has 7 heteroatoms. The first-order chi connectivity index (χ1) is 12.2. The van der Waals surface area contributed by atoms with Crippen LogP contribution in [0, 0.1) is 0 Å². The number of carbonyl (C=O) groups excluding carboxylic acids is 1. The van der Waals surface area contributed by atoms with Crippen molar-refractivity contribution < 1.29 is 23.4 Å². The molecule has 1 heterocycles. The summed E-state index contributed by atoms with van der Waals surface area (Å²) in [4.78, 5) is 16.3. The van der Waals surface area contributed by atoms with Crippen LogP contribution >= 0.6 is 0 Å². The minimum Gasteiger partial charge on any atom is -0.459 e. The van der Waals surface area contributed by atoms with Crippen LogP contribution in [-0.2, 0) is 14.2 Å². The number of hydrogen-bond acceptors (Lipinski definition) is 5. The van der Waals surface area contributed by atoms with Crippen LogP contribution in [-0.4, -0.2) is 55.2 Å². The number of halogens is 1. The standard InChI is InChI=1S/C18H23FN2O4/c1-15(16-5-3-2-4-6-16)21-14-20-13-17(21)18(22)25-12-11-24-10-9-23-8-7-19/h2-6,13-15H,7-12H2,1H3/t15-/m1/s1/i19-1. The van der Waals surface area contributed by atoms with Crippen molar-refractivity contribution in [2.75, 3.05) is 39.7 Å². The van der Waals surface area contributed by atoms with E-state index in [4.69, 9.17) is 14.2 Å². The molecule has 136 valence electrons. The fourth-order valence-electron chi connectivity index (χ4n) is 2.31. The van der Waals surface area contributed by atoms with Gasteiger partial charge in [-0.15, -0.1) is 0 Å². The first kappa shape index (κ1) is 19.1. The number of aromatic nitrogens is 2. The molecular weight excluding hydrogens is 326 g/mol. The van der Waals surface area contributed by atoms with E-state index in [1.165, 1.54) is 6.20 Å². The molecule has 0 fully saturated rings. The first-order valence-electron chi connectivity index (χ1n) is 8.19. The summed E-state index contributed by atoms with van der Waals surface area (Å²) in [6, 6.07) is 9.82. The average molecular weight is 349 g/mol. The summed E-state index contributed by atoms with van der Waals surface area (Å²) in [6.45, 7) is 2.60. The Bertz CT molecular complexity index is 633. The van der Waals surface area contributed by atoms with Gasteiger partial charge in [0.05, 0.1) is 45.0 Å². The fourth-order valence-corrected chi connectivity index (χ4v) is 2.31. The number of hydrogen-bond donors (Lipinski definition) is 0. The van der Waals surface area contributed by atoms with E-state index in [2.05, 4.69) is 4.98 Å². The van der Waals surface area contributed by atoms with E-state index in [0.717, 1.165) is 5.56 Å². The van der Waals surface area contributed by atoms with Crippen LogP contribution in [0.4, 0.5) is 4.39 Å². The second-order valence-electron chi connectivity index (χ2n) is 5.32. The number of benzene rings is 1. The average Bonchev–Trinajstić information content (AvgIpc) is 3.13. The zero-order chi connectivity index (χ0) is 17.9. The van der Waals surface area contributed by atoms with E-state index in [1.54, 1.807) is 10.9 Å². The van der Waals surface area contributed by atoms with Crippen LogP contribution in [0.5, 0.6) is 0 Å². The number of ether oxygens (including phenoxy) is 3. The highest BCUT2D eigenvalue weighted by Crippen LogP contribution is 2.19. The van der Waals surface area contributed by atoms with Crippen LogP contribution in [0.3, 0.4) is 0 Å². The van der Waals surface area contributed by atoms with Gasteiger partial charge in [0.2, 0.25) is 0 Å². The molecule has 0 spiro atoms. The Labute approximate surface area is 146 Å². The Morgan fingerprint density at radius 3 is 2.52 bits per heavy atom. The van der Waals surface area contributed by atoms with Gasteiger partial charge >= 0.3 is 5.97 Å². The third-order valence-electron chi connectivity index (χ3n) is 3.63. The van der Waals surface area contributed by atoms with Crippen molar-refractivity contribution in [3.63, 3.8) is 0 Å². The number of rotatable bonds is 11. The van der Waals surface area contributed by atoms with Crippen LogP contribution in [0.25, 0.3) is 0 Å². The highest BCUT2D eigenvalue weighted by atomic mass is 18.2. The van der Waals surface area contributed by atoms with E-state index in [0.29, 0.717) is 18.9 Å². The van der Waals surface area contributed by atoms with Gasteiger partial charge in [0.1, 0.15) is 19.0 Å². The monoisotopic (exact) mass is 349 g/mol. The lowest BCUT2D eigenvalue weighted by Crippen LogP contribution is -2.18. The quantitative estimate of drug-likeness (QED) is 0.461. The Morgan fingerprint density at radius 1 is 1.12 bits per heavy atom. The maximum atomic E-state index is 12.2. The number of esters is 1. The Kier molecular flexibility index (Phi) is 8.08. The smallest absolute Gasteiger partial charge is 0.356 e. The molecule has 0 saturated carbocycles. The van der Waals surface area contributed by atoms with Gasteiger partial charge in [-0.05, 0) is 12.5 Å². The van der Waals surface area contributed by atoms with Crippen LogP contribution in [0.1, 0.15) is 29.0 Å². The maximum absolute atomic E-state index is 12.2. The van der Waals surface area contributed by atoms with Crippen molar-refractivity contribution in [2.45, 2.75) is 13.0 Å². The summed E-state index contributed by atoms with van der Waals surface area (Å²) >= 11 is 0. The normalized spacial score (nSPS) is 12.1. The molecule has 2 aromatic rings. The summed E-state index contributed by atoms with van der Waals surface area (Å²) in [5.74, 6) is -0.447. The highest BCUT2D eigenvalue weighted by Gasteiger charge is 2.18. The van der Waals surface area contributed by atoms with E-state index in [-0.39, 0.29) is 25.9 Å². The predicted octanol–water partition coefficient (Wildman–Crippen LogP) is 2.65. The molecule has 0 saturated heterocycles. The third kappa shape index (κ3) is 5.95. The molecule has 1 aromatic carbocycles. The molecular formula is C18H23FN2O4. The van der Waals surface area contributed by atoms with Crippen LogP contribution < -0.4 is 0 Å². The largest absolute Gasteiger partial charge is 0.459 e. The summed E-state index contributed by atoms with van der Waals surface area (Å²) in [5, 5.41) is 0.